The first-order valence-electron chi connectivity index (χ1n) is 20.5. The highest BCUT2D eigenvalue weighted by Gasteiger charge is 2.29. The summed E-state index contributed by atoms with van der Waals surface area (Å²) < 4.78 is 17.2. The second-order valence-electron chi connectivity index (χ2n) is 13.9. The zero-order chi connectivity index (χ0) is 34.6. The fourth-order valence-electron chi connectivity index (χ4n) is 6.08. The number of rotatable bonds is 36. The number of esters is 3. The molecule has 6 nitrogen and oxygen atoms in total. The fourth-order valence-corrected chi connectivity index (χ4v) is 6.08. The molecule has 0 aromatic heterocycles. The highest BCUT2D eigenvalue weighted by Crippen LogP contribution is 2.17. The molecule has 0 aliphatic carbocycles. The molecule has 0 saturated heterocycles. The molecule has 0 amide bonds. The number of ether oxygens (including phenoxy) is 3. The molecule has 2 atom stereocenters. The van der Waals surface area contributed by atoms with Crippen LogP contribution in [0.2, 0.25) is 0 Å². The van der Waals surface area contributed by atoms with Gasteiger partial charge in [-0.15, -0.1) is 0 Å². The van der Waals surface area contributed by atoms with Gasteiger partial charge in [0.05, 0.1) is 0 Å². The van der Waals surface area contributed by atoms with Crippen LogP contribution in [0.25, 0.3) is 0 Å². The van der Waals surface area contributed by atoms with Crippen molar-refractivity contribution in [3.63, 3.8) is 0 Å². The number of carbonyl (C=O) groups excluding carboxylic acids is 3. The molecule has 0 N–H and O–H groups in total. The molecule has 0 heterocycles. The molecular weight excluding hydrogens is 588 g/mol. The van der Waals surface area contributed by atoms with Gasteiger partial charge in [-0.25, -0.2) is 0 Å². The predicted octanol–water partition coefficient (Wildman–Crippen LogP) is 12.5. The summed E-state index contributed by atoms with van der Waals surface area (Å²) in [5.41, 5.74) is 0. The zero-order valence-electron chi connectivity index (χ0n) is 31.7. The van der Waals surface area contributed by atoms with Crippen LogP contribution >= 0.6 is 0 Å². The Kier molecular flexibility index (Phi) is 34.5. The van der Waals surface area contributed by atoms with E-state index in [1.54, 1.807) is 0 Å². The van der Waals surface area contributed by atoms with Crippen LogP contribution in [0, 0.1) is 0 Å². The predicted molar refractivity (Wildman–Crippen MR) is 197 cm³/mol. The van der Waals surface area contributed by atoms with Gasteiger partial charge in [-0.3, -0.25) is 14.4 Å². The summed E-state index contributed by atoms with van der Waals surface area (Å²) in [7, 11) is 0. The molecule has 0 aromatic carbocycles. The molecule has 0 bridgehead atoms. The molecule has 0 aliphatic rings. The van der Waals surface area contributed by atoms with Crippen LogP contribution < -0.4 is 0 Å². The van der Waals surface area contributed by atoms with Crippen LogP contribution in [-0.2, 0) is 28.6 Å². The van der Waals surface area contributed by atoms with Crippen molar-refractivity contribution in [2.45, 2.75) is 239 Å². The maximum Gasteiger partial charge on any atom is 0.306 e. The Morgan fingerprint density at radius 1 is 0.362 bits per heavy atom. The number of hydrogen-bond acceptors (Lipinski definition) is 6. The maximum atomic E-state index is 12.8. The lowest BCUT2D eigenvalue weighted by atomic mass is 10.1. The summed E-state index contributed by atoms with van der Waals surface area (Å²) >= 11 is 0. The van der Waals surface area contributed by atoms with Gasteiger partial charge in [-0.1, -0.05) is 182 Å². The maximum absolute atomic E-state index is 12.8. The van der Waals surface area contributed by atoms with Crippen LogP contribution in [0.4, 0.5) is 0 Å². The molecule has 278 valence electrons. The van der Waals surface area contributed by atoms with E-state index in [9.17, 15) is 14.4 Å². The quantitative estimate of drug-likeness (QED) is 0.0376. The number of unbranched alkanes of at least 4 members (excludes halogenated alkanes) is 24. The third-order valence-corrected chi connectivity index (χ3v) is 9.24. The van der Waals surface area contributed by atoms with Crippen molar-refractivity contribution < 1.29 is 28.6 Å². The molecule has 0 fully saturated rings. The monoisotopic (exact) mass is 667 g/mol. The second-order valence-corrected chi connectivity index (χ2v) is 13.9. The lowest BCUT2D eigenvalue weighted by molar-refractivity contribution is -0.176. The summed E-state index contributed by atoms with van der Waals surface area (Å²) in [6.07, 6.45) is 32.1. The van der Waals surface area contributed by atoms with Gasteiger partial charge in [0, 0.05) is 19.3 Å². The van der Waals surface area contributed by atoms with Crippen molar-refractivity contribution in [1.82, 2.24) is 0 Å². The average molecular weight is 667 g/mol. The van der Waals surface area contributed by atoms with Gasteiger partial charge >= 0.3 is 17.9 Å². The van der Waals surface area contributed by atoms with Crippen LogP contribution in [0.5, 0.6) is 0 Å². The molecule has 0 saturated carbocycles. The van der Waals surface area contributed by atoms with Gasteiger partial charge in [-0.05, 0) is 25.7 Å². The van der Waals surface area contributed by atoms with Crippen molar-refractivity contribution in [2.75, 3.05) is 6.61 Å². The van der Waals surface area contributed by atoms with Crippen molar-refractivity contribution in [3.8, 4) is 0 Å². The molecule has 6 heteroatoms. The minimum Gasteiger partial charge on any atom is -0.462 e. The van der Waals surface area contributed by atoms with Crippen LogP contribution in [-0.4, -0.2) is 36.7 Å². The van der Waals surface area contributed by atoms with Crippen LogP contribution in [0.3, 0.4) is 0 Å². The van der Waals surface area contributed by atoms with Gasteiger partial charge in [-0.2, -0.15) is 0 Å². The van der Waals surface area contributed by atoms with E-state index in [4.69, 9.17) is 14.2 Å². The molecule has 0 aliphatic heterocycles. The lowest BCUT2D eigenvalue weighted by Gasteiger charge is -2.26. The van der Waals surface area contributed by atoms with Crippen molar-refractivity contribution >= 4 is 17.9 Å². The molecule has 0 radical (unpaired) electrons. The third kappa shape index (κ3) is 31.4. The Hall–Kier alpha value is -1.59. The van der Waals surface area contributed by atoms with Gasteiger partial charge in [0.25, 0.3) is 0 Å². The first-order valence-corrected chi connectivity index (χ1v) is 20.5. The van der Waals surface area contributed by atoms with Crippen LogP contribution in [0.1, 0.15) is 227 Å². The molecule has 0 aromatic rings. The standard InChI is InChI=1S/C41H78O6/c1-5-9-12-15-18-21-24-27-30-33-39(42)45-36-38(47-41(44)35-32-29-26-23-20-17-14-11-7-3)37(8-4)46-40(43)34-31-28-25-22-19-16-13-10-6-2/h37-38H,5-36H2,1-4H3. The van der Waals surface area contributed by atoms with Gasteiger partial charge in [0.2, 0.25) is 0 Å². The normalized spacial score (nSPS) is 12.5. The van der Waals surface area contributed by atoms with Crippen LogP contribution in [0.15, 0.2) is 0 Å². The summed E-state index contributed by atoms with van der Waals surface area (Å²) in [4.78, 5) is 38.1. The van der Waals surface area contributed by atoms with E-state index in [0.717, 1.165) is 57.8 Å². The van der Waals surface area contributed by atoms with E-state index < -0.39 is 12.2 Å². The third-order valence-electron chi connectivity index (χ3n) is 9.24. The minimum absolute atomic E-state index is 0.0659. The number of hydrogen-bond donors (Lipinski definition) is 0. The smallest absolute Gasteiger partial charge is 0.306 e. The molecule has 47 heavy (non-hydrogen) atoms. The Balaban J connectivity index is 4.65. The minimum atomic E-state index is -0.773. The molecule has 2 unspecified atom stereocenters. The SMILES string of the molecule is CCCCCCCCCCCC(=O)OCC(OC(=O)CCCCCCCCCCC)C(CC)OC(=O)CCCCCCCCCCC. The van der Waals surface area contributed by atoms with Crippen molar-refractivity contribution in [3.05, 3.63) is 0 Å². The second kappa shape index (κ2) is 35.7. The van der Waals surface area contributed by atoms with E-state index in [0.29, 0.717) is 25.7 Å². The van der Waals surface area contributed by atoms with Gasteiger partial charge in [0.15, 0.2) is 6.10 Å². The first kappa shape index (κ1) is 45.4. The molecular formula is C41H78O6. The topological polar surface area (TPSA) is 78.9 Å². The Morgan fingerprint density at radius 3 is 0.957 bits per heavy atom. The highest BCUT2D eigenvalue weighted by atomic mass is 16.6. The van der Waals surface area contributed by atoms with Gasteiger partial charge < -0.3 is 14.2 Å². The van der Waals surface area contributed by atoms with E-state index in [1.165, 1.54) is 116 Å². The summed E-state index contributed by atoms with van der Waals surface area (Å²) in [5, 5.41) is 0. The fraction of sp³-hybridized carbons (Fsp3) is 0.927. The largest absolute Gasteiger partial charge is 0.462 e. The van der Waals surface area contributed by atoms with E-state index in [-0.39, 0.29) is 24.5 Å². The summed E-state index contributed by atoms with van der Waals surface area (Å²) in [6.45, 7) is 8.56. The van der Waals surface area contributed by atoms with Crippen molar-refractivity contribution in [1.29, 1.82) is 0 Å². The first-order chi connectivity index (χ1) is 23.0. The molecule has 0 spiro atoms. The highest BCUT2D eigenvalue weighted by molar-refractivity contribution is 5.71. The average Bonchev–Trinajstić information content (AvgIpc) is 3.06. The summed E-state index contributed by atoms with van der Waals surface area (Å²) in [5.74, 6) is -0.842. The Labute approximate surface area is 291 Å². The number of carbonyl (C=O) groups is 3. The Bertz CT molecular complexity index is 708. The zero-order valence-corrected chi connectivity index (χ0v) is 31.7. The van der Waals surface area contributed by atoms with E-state index in [1.807, 2.05) is 6.92 Å². The van der Waals surface area contributed by atoms with Gasteiger partial charge in [0.1, 0.15) is 12.7 Å². The van der Waals surface area contributed by atoms with E-state index >= 15 is 0 Å². The molecule has 0 rings (SSSR count). The lowest BCUT2D eigenvalue weighted by Crippen LogP contribution is -2.39. The summed E-state index contributed by atoms with van der Waals surface area (Å²) in [6, 6.07) is 0. The van der Waals surface area contributed by atoms with E-state index in [2.05, 4.69) is 20.8 Å². The van der Waals surface area contributed by atoms with Crippen molar-refractivity contribution in [2.24, 2.45) is 0 Å². The Morgan fingerprint density at radius 2 is 0.638 bits per heavy atom.